The molecule has 1 aromatic heterocycles. The maximum absolute atomic E-state index is 10.6. The summed E-state index contributed by atoms with van der Waals surface area (Å²) in [6.45, 7) is 0.427. The SMILES string of the molecule is Nc1c(I)cnn1Cc1cccc([N+](=O)[O-])c1. The normalized spacial score (nSPS) is 10.4. The van der Waals surface area contributed by atoms with E-state index in [1.165, 1.54) is 12.1 Å². The Morgan fingerprint density at radius 2 is 2.29 bits per heavy atom. The van der Waals surface area contributed by atoms with Crippen molar-refractivity contribution in [2.24, 2.45) is 0 Å². The van der Waals surface area contributed by atoms with Crippen molar-refractivity contribution in [3.63, 3.8) is 0 Å². The summed E-state index contributed by atoms with van der Waals surface area (Å²) >= 11 is 2.09. The van der Waals surface area contributed by atoms with Crippen LogP contribution in [0.5, 0.6) is 0 Å². The summed E-state index contributed by atoms with van der Waals surface area (Å²) in [6, 6.07) is 6.44. The molecule has 0 aliphatic heterocycles. The van der Waals surface area contributed by atoms with Crippen molar-refractivity contribution < 1.29 is 4.92 Å². The first-order valence-electron chi connectivity index (χ1n) is 4.78. The van der Waals surface area contributed by atoms with Crippen molar-refractivity contribution in [3.05, 3.63) is 49.7 Å². The van der Waals surface area contributed by atoms with Gasteiger partial charge >= 0.3 is 0 Å². The fourth-order valence-corrected chi connectivity index (χ4v) is 1.84. The van der Waals surface area contributed by atoms with Crippen molar-refractivity contribution in [2.75, 3.05) is 5.73 Å². The van der Waals surface area contributed by atoms with E-state index in [4.69, 9.17) is 5.73 Å². The second-order valence-electron chi connectivity index (χ2n) is 3.46. The number of nitrogen functional groups attached to an aromatic ring is 1. The van der Waals surface area contributed by atoms with Gasteiger partial charge in [0.15, 0.2) is 0 Å². The van der Waals surface area contributed by atoms with E-state index in [-0.39, 0.29) is 5.69 Å². The van der Waals surface area contributed by atoms with Crippen LogP contribution in [0.15, 0.2) is 30.5 Å². The molecular formula is C10H9IN4O2. The number of hydrogen-bond donors (Lipinski definition) is 1. The molecule has 0 bridgehead atoms. The summed E-state index contributed by atoms with van der Waals surface area (Å²) in [6.07, 6.45) is 1.66. The van der Waals surface area contributed by atoms with Crippen LogP contribution in [0.1, 0.15) is 5.56 Å². The molecule has 0 aliphatic carbocycles. The topological polar surface area (TPSA) is 87.0 Å². The number of non-ortho nitro benzene ring substituents is 1. The number of aromatic nitrogens is 2. The van der Waals surface area contributed by atoms with Gasteiger partial charge in [-0.3, -0.25) is 10.1 Å². The molecule has 1 aromatic carbocycles. The number of halogens is 1. The minimum atomic E-state index is -0.417. The first-order valence-corrected chi connectivity index (χ1v) is 5.86. The molecular weight excluding hydrogens is 335 g/mol. The monoisotopic (exact) mass is 344 g/mol. The van der Waals surface area contributed by atoms with Gasteiger partial charge in [0.25, 0.3) is 5.69 Å². The molecule has 0 saturated heterocycles. The molecule has 0 saturated carbocycles. The van der Waals surface area contributed by atoms with Crippen LogP contribution in [0, 0.1) is 13.7 Å². The molecule has 2 aromatic rings. The molecule has 2 N–H and O–H groups in total. The zero-order chi connectivity index (χ0) is 12.4. The molecule has 0 amide bonds. The fraction of sp³-hybridized carbons (Fsp3) is 0.100. The lowest BCUT2D eigenvalue weighted by atomic mass is 10.2. The van der Waals surface area contributed by atoms with Gasteiger partial charge in [0.2, 0.25) is 0 Å². The number of nitrogens with two attached hydrogens (primary N) is 1. The van der Waals surface area contributed by atoms with E-state index in [1.807, 2.05) is 0 Å². The van der Waals surface area contributed by atoms with Crippen LogP contribution in [0.2, 0.25) is 0 Å². The molecule has 0 fully saturated rings. The highest BCUT2D eigenvalue weighted by atomic mass is 127. The number of benzene rings is 1. The summed E-state index contributed by atoms with van der Waals surface area (Å²) in [7, 11) is 0. The van der Waals surface area contributed by atoms with Gasteiger partial charge in [0.1, 0.15) is 5.82 Å². The molecule has 1 heterocycles. The average molecular weight is 344 g/mol. The molecule has 0 radical (unpaired) electrons. The summed E-state index contributed by atoms with van der Waals surface area (Å²) < 4.78 is 2.48. The largest absolute Gasteiger partial charge is 0.383 e. The number of hydrogen-bond acceptors (Lipinski definition) is 4. The van der Waals surface area contributed by atoms with Gasteiger partial charge in [-0.05, 0) is 28.2 Å². The van der Waals surface area contributed by atoms with E-state index in [9.17, 15) is 10.1 Å². The lowest BCUT2D eigenvalue weighted by Gasteiger charge is -2.04. The maximum Gasteiger partial charge on any atom is 0.269 e. The maximum atomic E-state index is 10.6. The lowest BCUT2D eigenvalue weighted by Crippen LogP contribution is -2.06. The van der Waals surface area contributed by atoms with Crippen LogP contribution in [0.25, 0.3) is 0 Å². The predicted octanol–water partition coefficient (Wildman–Crippen LogP) is 2.03. The van der Waals surface area contributed by atoms with Crippen LogP contribution in [0.4, 0.5) is 11.5 Å². The average Bonchev–Trinajstić information content (AvgIpc) is 2.61. The van der Waals surface area contributed by atoms with Crippen molar-refractivity contribution in [2.45, 2.75) is 6.54 Å². The number of nitro groups is 1. The molecule has 0 atom stereocenters. The smallest absolute Gasteiger partial charge is 0.269 e. The molecule has 88 valence electrons. The Balaban J connectivity index is 2.27. The van der Waals surface area contributed by atoms with Gasteiger partial charge in [0, 0.05) is 12.1 Å². The standard InChI is InChI=1S/C10H9IN4O2/c11-9-5-13-14(10(9)12)6-7-2-1-3-8(4-7)15(16)17/h1-5H,6,12H2. The van der Waals surface area contributed by atoms with Crippen molar-refractivity contribution >= 4 is 34.1 Å². The Hall–Kier alpha value is -1.64. The van der Waals surface area contributed by atoms with E-state index in [2.05, 4.69) is 27.7 Å². The van der Waals surface area contributed by atoms with E-state index >= 15 is 0 Å². The van der Waals surface area contributed by atoms with Crippen molar-refractivity contribution in [1.82, 2.24) is 9.78 Å². The molecule has 0 aliphatic rings. The van der Waals surface area contributed by atoms with Crippen molar-refractivity contribution in [3.8, 4) is 0 Å². The predicted molar refractivity (Wildman–Crippen MR) is 71.6 cm³/mol. The number of rotatable bonds is 3. The van der Waals surface area contributed by atoms with Crippen LogP contribution in [-0.4, -0.2) is 14.7 Å². The second-order valence-corrected chi connectivity index (χ2v) is 4.62. The Labute approximate surface area is 111 Å². The van der Waals surface area contributed by atoms with E-state index in [1.54, 1.807) is 23.0 Å². The molecule has 17 heavy (non-hydrogen) atoms. The van der Waals surface area contributed by atoms with Gasteiger partial charge in [-0.15, -0.1) is 0 Å². The molecule has 0 unspecified atom stereocenters. The van der Waals surface area contributed by atoms with Crippen molar-refractivity contribution in [1.29, 1.82) is 0 Å². The van der Waals surface area contributed by atoms with Crippen LogP contribution < -0.4 is 5.73 Å². The summed E-state index contributed by atoms with van der Waals surface area (Å²) in [5.41, 5.74) is 6.68. The number of anilines is 1. The van der Waals surface area contributed by atoms with Crippen LogP contribution in [0.3, 0.4) is 0 Å². The highest BCUT2D eigenvalue weighted by Crippen LogP contribution is 2.17. The first kappa shape index (κ1) is 11.8. The third kappa shape index (κ3) is 2.54. The third-order valence-corrected chi connectivity index (χ3v) is 3.12. The zero-order valence-corrected chi connectivity index (χ0v) is 10.9. The Morgan fingerprint density at radius 1 is 1.53 bits per heavy atom. The van der Waals surface area contributed by atoms with Crippen LogP contribution >= 0.6 is 22.6 Å². The minimum absolute atomic E-state index is 0.0722. The summed E-state index contributed by atoms with van der Waals surface area (Å²) in [5.74, 6) is 0.567. The molecule has 0 spiro atoms. The van der Waals surface area contributed by atoms with E-state index < -0.39 is 4.92 Å². The second kappa shape index (κ2) is 4.70. The number of nitro benzene ring substituents is 1. The van der Waals surface area contributed by atoms with Gasteiger partial charge in [0.05, 0.1) is 21.2 Å². The lowest BCUT2D eigenvalue weighted by molar-refractivity contribution is -0.384. The Kier molecular flexibility index (Phi) is 3.27. The first-order chi connectivity index (χ1) is 8.08. The van der Waals surface area contributed by atoms with Gasteiger partial charge in [-0.1, -0.05) is 12.1 Å². The molecule has 2 rings (SSSR count). The van der Waals surface area contributed by atoms with Crippen LogP contribution in [-0.2, 0) is 6.54 Å². The fourth-order valence-electron chi connectivity index (χ4n) is 1.44. The molecule has 6 nitrogen and oxygen atoms in total. The van der Waals surface area contributed by atoms with E-state index in [0.29, 0.717) is 12.4 Å². The Morgan fingerprint density at radius 3 is 2.88 bits per heavy atom. The Bertz CT molecular complexity index is 567. The zero-order valence-electron chi connectivity index (χ0n) is 8.71. The quantitative estimate of drug-likeness (QED) is 0.524. The minimum Gasteiger partial charge on any atom is -0.383 e. The summed E-state index contributed by atoms with van der Waals surface area (Å²) in [5, 5.41) is 14.7. The van der Waals surface area contributed by atoms with Gasteiger partial charge < -0.3 is 5.73 Å². The summed E-state index contributed by atoms with van der Waals surface area (Å²) in [4.78, 5) is 10.2. The molecule has 7 heteroatoms. The highest BCUT2D eigenvalue weighted by molar-refractivity contribution is 14.1. The third-order valence-electron chi connectivity index (χ3n) is 2.29. The van der Waals surface area contributed by atoms with Gasteiger partial charge in [-0.25, -0.2) is 4.68 Å². The van der Waals surface area contributed by atoms with Gasteiger partial charge in [-0.2, -0.15) is 5.10 Å². The van der Waals surface area contributed by atoms with E-state index in [0.717, 1.165) is 9.13 Å². The number of nitrogens with zero attached hydrogens (tertiary/aromatic N) is 3. The highest BCUT2D eigenvalue weighted by Gasteiger charge is 2.08.